The number of ether oxygens (including phenoxy) is 1. The third-order valence-electron chi connectivity index (χ3n) is 6.87. The van der Waals surface area contributed by atoms with Gasteiger partial charge >= 0.3 is 6.18 Å². The summed E-state index contributed by atoms with van der Waals surface area (Å²) in [5.74, 6) is 1.88. The summed E-state index contributed by atoms with van der Waals surface area (Å²) >= 11 is 0. The number of hydrazine groups is 1. The van der Waals surface area contributed by atoms with Crippen molar-refractivity contribution in [1.29, 1.82) is 0 Å². The number of fused-ring (bicyclic) bond motifs is 3. The maximum absolute atomic E-state index is 13.0. The largest absolute Gasteiger partial charge is 0.481 e. The van der Waals surface area contributed by atoms with Crippen LogP contribution in [0, 0.1) is 0 Å². The number of halogens is 3. The van der Waals surface area contributed by atoms with Gasteiger partial charge in [0, 0.05) is 41.7 Å². The molecule has 180 valence electrons. The highest BCUT2D eigenvalue weighted by atomic mass is 19.4. The molecule has 33 heavy (non-hydrogen) atoms. The highest BCUT2D eigenvalue weighted by molar-refractivity contribution is 5.91. The van der Waals surface area contributed by atoms with Crippen LogP contribution < -0.4 is 26.2 Å². The molecule has 0 radical (unpaired) electrons. The Hall–Kier alpha value is -2.37. The molecule has 0 spiro atoms. The van der Waals surface area contributed by atoms with Crippen molar-refractivity contribution in [2.45, 2.75) is 75.5 Å². The van der Waals surface area contributed by atoms with E-state index in [0.29, 0.717) is 36.4 Å². The fraction of sp³-hybridized carbons (Fsp3) is 0.636. The monoisotopic (exact) mass is 465 g/mol. The minimum atomic E-state index is -4.16. The standard InChI is InChI=1S/C22H30F3N7O/c1-12-7-19(31-30-12)28-18-10-17-16(5-6-20(27-17)33-2)21(29-18)26-13-8-14-3-4-15(9-13)32(14)11-22(23,24)25/h5-6,10,12-15,19,30-31H,3-4,7-9,11H2,1-2H3,(H2,26,28,29)/t12?,13?,14-,15+,19?. The molecule has 0 aliphatic carbocycles. The van der Waals surface area contributed by atoms with Crippen molar-refractivity contribution in [2.75, 3.05) is 24.3 Å². The van der Waals surface area contributed by atoms with Gasteiger partial charge in [0.25, 0.3) is 0 Å². The van der Waals surface area contributed by atoms with Crippen LogP contribution in [0.15, 0.2) is 18.2 Å². The zero-order chi connectivity index (χ0) is 23.2. The second-order valence-electron chi connectivity index (χ2n) is 9.38. The highest BCUT2D eigenvalue weighted by Crippen LogP contribution is 2.39. The average molecular weight is 466 g/mol. The number of anilines is 2. The topological polar surface area (TPSA) is 86.4 Å². The first-order chi connectivity index (χ1) is 15.8. The second kappa shape index (κ2) is 8.77. The van der Waals surface area contributed by atoms with E-state index in [1.54, 1.807) is 18.1 Å². The SMILES string of the molecule is COc1ccc2c(NC3C[C@H]4CC[C@@H](C3)N4CC(F)(F)F)nc(NC3CC(C)NN3)cc2n1. The predicted octanol–water partition coefficient (Wildman–Crippen LogP) is 3.23. The van der Waals surface area contributed by atoms with Crippen LogP contribution >= 0.6 is 0 Å². The lowest BCUT2D eigenvalue weighted by molar-refractivity contribution is -0.155. The number of piperidine rings is 1. The molecule has 5 rings (SSSR count). The molecule has 8 nitrogen and oxygen atoms in total. The Labute approximate surface area is 190 Å². The Balaban J connectivity index is 1.38. The molecule has 3 saturated heterocycles. The Kier molecular flexibility index (Phi) is 5.96. The van der Waals surface area contributed by atoms with Gasteiger partial charge in [-0.2, -0.15) is 13.2 Å². The fourth-order valence-corrected chi connectivity index (χ4v) is 5.44. The van der Waals surface area contributed by atoms with Gasteiger partial charge in [0.1, 0.15) is 11.6 Å². The molecule has 3 fully saturated rings. The molecule has 0 amide bonds. The van der Waals surface area contributed by atoms with Crippen molar-refractivity contribution >= 4 is 22.5 Å². The Morgan fingerprint density at radius 3 is 2.48 bits per heavy atom. The van der Waals surface area contributed by atoms with Crippen molar-refractivity contribution in [3.8, 4) is 5.88 Å². The van der Waals surface area contributed by atoms with Crippen LogP contribution in [0.1, 0.15) is 39.0 Å². The molecule has 2 bridgehead atoms. The molecule has 2 aromatic rings. The number of hydrogen-bond donors (Lipinski definition) is 4. The van der Waals surface area contributed by atoms with E-state index in [9.17, 15) is 13.2 Å². The maximum Gasteiger partial charge on any atom is 0.401 e. The molecule has 5 atom stereocenters. The van der Waals surface area contributed by atoms with Crippen molar-refractivity contribution in [3.63, 3.8) is 0 Å². The van der Waals surface area contributed by atoms with E-state index in [-0.39, 0.29) is 24.3 Å². The Morgan fingerprint density at radius 2 is 1.85 bits per heavy atom. The predicted molar refractivity (Wildman–Crippen MR) is 120 cm³/mol. The molecule has 3 unspecified atom stereocenters. The molecule has 3 aliphatic rings. The van der Waals surface area contributed by atoms with Crippen molar-refractivity contribution in [2.24, 2.45) is 0 Å². The van der Waals surface area contributed by atoms with E-state index in [4.69, 9.17) is 9.72 Å². The van der Waals surface area contributed by atoms with Gasteiger partial charge < -0.3 is 15.4 Å². The van der Waals surface area contributed by atoms with Crippen LogP contribution in [0.3, 0.4) is 0 Å². The maximum atomic E-state index is 13.0. The smallest absolute Gasteiger partial charge is 0.401 e. The summed E-state index contributed by atoms with van der Waals surface area (Å²) in [5.41, 5.74) is 7.13. The lowest BCUT2D eigenvalue weighted by Gasteiger charge is -2.39. The van der Waals surface area contributed by atoms with Gasteiger partial charge in [-0.3, -0.25) is 10.3 Å². The van der Waals surface area contributed by atoms with E-state index in [2.05, 4.69) is 33.4 Å². The van der Waals surface area contributed by atoms with Crippen molar-refractivity contribution in [1.82, 2.24) is 25.7 Å². The van der Waals surface area contributed by atoms with E-state index < -0.39 is 12.7 Å². The van der Waals surface area contributed by atoms with E-state index in [0.717, 1.165) is 30.2 Å². The summed E-state index contributed by atoms with van der Waals surface area (Å²) < 4.78 is 44.4. The summed E-state index contributed by atoms with van der Waals surface area (Å²) in [7, 11) is 1.58. The third-order valence-corrected chi connectivity index (χ3v) is 6.87. The molecule has 3 aliphatic heterocycles. The lowest BCUT2D eigenvalue weighted by atomic mass is 9.97. The summed E-state index contributed by atoms with van der Waals surface area (Å²) in [6.45, 7) is 1.28. The zero-order valence-corrected chi connectivity index (χ0v) is 18.7. The molecule has 11 heteroatoms. The summed E-state index contributed by atoms with van der Waals surface area (Å²) in [5, 5.41) is 7.80. The number of pyridine rings is 2. The highest BCUT2D eigenvalue weighted by Gasteiger charge is 2.45. The van der Waals surface area contributed by atoms with Crippen LogP contribution in [0.4, 0.5) is 24.8 Å². The molecular weight excluding hydrogens is 435 g/mol. The first kappa shape index (κ1) is 22.4. The first-order valence-corrected chi connectivity index (χ1v) is 11.5. The Bertz CT molecular complexity index is 990. The number of nitrogens with zero attached hydrogens (tertiary/aromatic N) is 3. The Morgan fingerprint density at radius 1 is 1.09 bits per heavy atom. The van der Waals surface area contributed by atoms with Crippen LogP contribution in [0.5, 0.6) is 5.88 Å². The normalized spacial score (nSPS) is 30.0. The number of hydrogen-bond acceptors (Lipinski definition) is 8. The van der Waals surface area contributed by atoms with E-state index >= 15 is 0 Å². The average Bonchev–Trinajstić information content (AvgIpc) is 3.24. The lowest BCUT2D eigenvalue weighted by Crippen LogP contribution is -2.50. The van der Waals surface area contributed by atoms with Crippen LogP contribution in [0.25, 0.3) is 10.9 Å². The van der Waals surface area contributed by atoms with Gasteiger partial charge in [0.15, 0.2) is 0 Å². The number of rotatable bonds is 6. The molecular formula is C22H30F3N7O. The molecule has 0 saturated carbocycles. The van der Waals surface area contributed by atoms with Gasteiger partial charge in [-0.15, -0.1) is 0 Å². The number of methoxy groups -OCH3 is 1. The zero-order valence-electron chi connectivity index (χ0n) is 18.7. The van der Waals surface area contributed by atoms with E-state index in [1.807, 2.05) is 12.1 Å². The van der Waals surface area contributed by atoms with Gasteiger partial charge in [-0.1, -0.05) is 0 Å². The summed E-state index contributed by atoms with van der Waals surface area (Å²) in [4.78, 5) is 11.1. The summed E-state index contributed by atoms with van der Waals surface area (Å²) in [6, 6.07) is 5.91. The number of aromatic nitrogens is 2. The van der Waals surface area contributed by atoms with Crippen molar-refractivity contribution in [3.05, 3.63) is 18.2 Å². The van der Waals surface area contributed by atoms with Crippen LogP contribution in [0.2, 0.25) is 0 Å². The summed E-state index contributed by atoms with van der Waals surface area (Å²) in [6.07, 6.45) is -0.271. The quantitative estimate of drug-likeness (QED) is 0.518. The minimum absolute atomic E-state index is 0.0323. The van der Waals surface area contributed by atoms with E-state index in [1.165, 1.54) is 0 Å². The third kappa shape index (κ3) is 4.95. The van der Waals surface area contributed by atoms with Crippen LogP contribution in [-0.4, -0.2) is 65.0 Å². The second-order valence-corrected chi connectivity index (χ2v) is 9.38. The van der Waals surface area contributed by atoms with Gasteiger partial charge in [0.05, 0.1) is 25.3 Å². The number of nitrogens with one attached hydrogen (secondary N) is 4. The van der Waals surface area contributed by atoms with Gasteiger partial charge in [-0.25, -0.2) is 15.4 Å². The first-order valence-electron chi connectivity index (χ1n) is 11.5. The molecule has 5 heterocycles. The molecule has 0 aromatic carbocycles. The van der Waals surface area contributed by atoms with Crippen molar-refractivity contribution < 1.29 is 17.9 Å². The molecule has 4 N–H and O–H groups in total. The van der Waals surface area contributed by atoms with Gasteiger partial charge in [0.2, 0.25) is 5.88 Å². The van der Waals surface area contributed by atoms with Crippen LogP contribution in [-0.2, 0) is 0 Å². The fourth-order valence-electron chi connectivity index (χ4n) is 5.44. The van der Waals surface area contributed by atoms with Gasteiger partial charge in [-0.05, 0) is 45.1 Å². The minimum Gasteiger partial charge on any atom is -0.481 e. The number of alkyl halides is 3. The molecule has 2 aromatic heterocycles.